The van der Waals surface area contributed by atoms with Crippen molar-refractivity contribution in [1.29, 1.82) is 0 Å². The maximum absolute atomic E-state index is 13.1. The van der Waals surface area contributed by atoms with Gasteiger partial charge in [0.15, 0.2) is 5.65 Å². The zero-order valence-electron chi connectivity index (χ0n) is 20.7. The van der Waals surface area contributed by atoms with Gasteiger partial charge in [-0.15, -0.1) is 0 Å². The van der Waals surface area contributed by atoms with E-state index in [-0.39, 0.29) is 5.91 Å². The molecule has 1 saturated heterocycles. The molecule has 0 radical (unpaired) electrons. The first-order valence-electron chi connectivity index (χ1n) is 12.0. The van der Waals surface area contributed by atoms with E-state index in [1.54, 1.807) is 13.2 Å². The van der Waals surface area contributed by atoms with Gasteiger partial charge in [-0.1, -0.05) is 30.7 Å². The Balaban J connectivity index is 1.44. The Kier molecular flexibility index (Phi) is 6.11. The molecule has 0 unspecified atom stereocenters. The summed E-state index contributed by atoms with van der Waals surface area (Å²) >= 11 is 0. The summed E-state index contributed by atoms with van der Waals surface area (Å²) in [5.41, 5.74) is 4.55. The summed E-state index contributed by atoms with van der Waals surface area (Å²) in [5, 5.41) is 5.80. The van der Waals surface area contributed by atoms with Crippen LogP contribution >= 0.6 is 0 Å². The average Bonchev–Trinajstić information content (AvgIpc) is 3.24. The fraction of sp³-hybridized carbons (Fsp3) is 0.333. The minimum atomic E-state index is 0.0222. The molecule has 2 aromatic carbocycles. The molecule has 5 rings (SSSR count). The highest BCUT2D eigenvalue weighted by Gasteiger charge is 2.27. The van der Waals surface area contributed by atoms with Crippen molar-refractivity contribution < 1.29 is 9.53 Å². The zero-order chi connectivity index (χ0) is 24.5. The Labute approximate surface area is 205 Å². The van der Waals surface area contributed by atoms with E-state index >= 15 is 0 Å². The van der Waals surface area contributed by atoms with Crippen LogP contribution in [-0.4, -0.2) is 63.8 Å². The number of hydrogen-bond acceptors (Lipinski definition) is 6. The number of hydrogen-bond donors (Lipinski definition) is 0. The molecule has 0 saturated carbocycles. The van der Waals surface area contributed by atoms with Gasteiger partial charge in [-0.05, 0) is 44.2 Å². The normalized spacial score (nSPS) is 13.9. The number of piperazine rings is 1. The van der Waals surface area contributed by atoms with Crippen LogP contribution in [0.15, 0.2) is 48.5 Å². The van der Waals surface area contributed by atoms with Crippen LogP contribution in [0.2, 0.25) is 0 Å². The zero-order valence-corrected chi connectivity index (χ0v) is 20.7. The molecule has 180 valence electrons. The number of fused-ring (bicyclic) bond motifs is 1. The number of nitrogens with zero attached hydrogens (tertiary/aromatic N) is 6. The maximum Gasteiger partial charge on any atom is 0.254 e. The molecule has 0 spiro atoms. The highest BCUT2D eigenvalue weighted by atomic mass is 16.5. The molecule has 4 aromatic rings. The van der Waals surface area contributed by atoms with Gasteiger partial charge in [-0.25, -0.2) is 14.6 Å². The van der Waals surface area contributed by atoms with Gasteiger partial charge in [0.05, 0.1) is 23.9 Å². The van der Waals surface area contributed by atoms with E-state index in [2.05, 4.69) is 43.0 Å². The van der Waals surface area contributed by atoms with E-state index in [0.717, 1.165) is 40.5 Å². The van der Waals surface area contributed by atoms with Gasteiger partial charge in [0, 0.05) is 38.2 Å². The van der Waals surface area contributed by atoms with Crippen molar-refractivity contribution in [3.8, 4) is 11.4 Å². The van der Waals surface area contributed by atoms with Gasteiger partial charge >= 0.3 is 0 Å². The monoisotopic (exact) mass is 470 g/mol. The van der Waals surface area contributed by atoms with E-state index in [1.165, 1.54) is 5.56 Å². The lowest BCUT2D eigenvalue weighted by Gasteiger charge is -2.35. The molecule has 1 aliphatic heterocycles. The molecule has 1 fully saturated rings. The lowest BCUT2D eigenvalue weighted by Crippen LogP contribution is -2.49. The van der Waals surface area contributed by atoms with Crippen LogP contribution in [0.25, 0.3) is 16.7 Å². The summed E-state index contributed by atoms with van der Waals surface area (Å²) in [4.78, 5) is 27.0. The molecular weight excluding hydrogens is 440 g/mol. The molecule has 1 amide bonds. The van der Waals surface area contributed by atoms with E-state index in [9.17, 15) is 4.79 Å². The minimum Gasteiger partial charge on any atom is -0.497 e. The molecule has 1 aliphatic rings. The second-order valence-electron chi connectivity index (χ2n) is 8.86. The third-order valence-corrected chi connectivity index (χ3v) is 6.51. The molecule has 3 heterocycles. The van der Waals surface area contributed by atoms with Crippen molar-refractivity contribution in [2.75, 3.05) is 38.2 Å². The van der Waals surface area contributed by atoms with Crippen molar-refractivity contribution in [3.05, 3.63) is 71.2 Å². The van der Waals surface area contributed by atoms with Crippen LogP contribution in [0.1, 0.15) is 34.4 Å². The van der Waals surface area contributed by atoms with Crippen molar-refractivity contribution in [1.82, 2.24) is 24.6 Å². The van der Waals surface area contributed by atoms with Crippen LogP contribution in [0.4, 0.5) is 5.82 Å². The Hall–Kier alpha value is -3.94. The highest BCUT2D eigenvalue weighted by molar-refractivity contribution is 5.95. The lowest BCUT2D eigenvalue weighted by molar-refractivity contribution is 0.0746. The summed E-state index contributed by atoms with van der Waals surface area (Å²) in [5.74, 6) is 2.40. The van der Waals surface area contributed by atoms with Gasteiger partial charge in [0.25, 0.3) is 5.91 Å². The van der Waals surface area contributed by atoms with E-state index in [1.807, 2.05) is 34.7 Å². The Morgan fingerprint density at radius 2 is 1.74 bits per heavy atom. The molecule has 0 bridgehead atoms. The number of ether oxygens (including phenoxy) is 1. The third-order valence-electron chi connectivity index (χ3n) is 6.51. The SMILES string of the molecule is CCc1nc(N2CCN(C(=O)c3cccc(OC)c3)CC2)c2c(C)nn(-c3ccc(C)cc3)c2n1. The summed E-state index contributed by atoms with van der Waals surface area (Å²) in [6, 6.07) is 15.6. The first kappa shape index (κ1) is 22.8. The predicted molar refractivity (Wildman–Crippen MR) is 137 cm³/mol. The second kappa shape index (κ2) is 9.37. The first-order valence-corrected chi connectivity index (χ1v) is 12.0. The number of carbonyl (C=O) groups excluding carboxylic acids is 1. The van der Waals surface area contributed by atoms with Crippen LogP contribution < -0.4 is 9.64 Å². The Morgan fingerprint density at radius 1 is 1.00 bits per heavy atom. The van der Waals surface area contributed by atoms with Crippen molar-refractivity contribution >= 4 is 22.8 Å². The van der Waals surface area contributed by atoms with Crippen molar-refractivity contribution in [2.45, 2.75) is 27.2 Å². The quantitative estimate of drug-likeness (QED) is 0.439. The second-order valence-corrected chi connectivity index (χ2v) is 8.86. The standard InChI is InChI=1S/C27H30N6O2/c1-5-23-28-25(24-19(3)30-33(26(24)29-23)21-11-9-18(2)10-12-21)31-13-15-32(16-14-31)27(34)20-7-6-8-22(17-20)35-4/h6-12,17H,5,13-16H2,1-4H3. The summed E-state index contributed by atoms with van der Waals surface area (Å²) in [6.07, 6.45) is 0.732. The van der Waals surface area contributed by atoms with Crippen molar-refractivity contribution in [2.24, 2.45) is 0 Å². The largest absolute Gasteiger partial charge is 0.497 e. The molecule has 0 N–H and O–H groups in total. The van der Waals surface area contributed by atoms with Gasteiger partial charge in [0.1, 0.15) is 17.4 Å². The van der Waals surface area contributed by atoms with E-state index in [4.69, 9.17) is 19.8 Å². The molecule has 35 heavy (non-hydrogen) atoms. The molecule has 2 aromatic heterocycles. The number of anilines is 1. The van der Waals surface area contributed by atoms with Gasteiger partial charge in [0.2, 0.25) is 0 Å². The topological polar surface area (TPSA) is 76.4 Å². The van der Waals surface area contributed by atoms with Crippen molar-refractivity contribution in [3.63, 3.8) is 0 Å². The lowest BCUT2D eigenvalue weighted by atomic mass is 10.1. The highest BCUT2D eigenvalue weighted by Crippen LogP contribution is 2.30. The average molecular weight is 471 g/mol. The predicted octanol–water partition coefficient (Wildman–Crippen LogP) is 3.97. The summed E-state index contributed by atoms with van der Waals surface area (Å²) in [6.45, 7) is 8.77. The van der Waals surface area contributed by atoms with Crippen LogP contribution in [0.3, 0.4) is 0 Å². The Morgan fingerprint density at radius 3 is 2.43 bits per heavy atom. The molecule has 0 aliphatic carbocycles. The minimum absolute atomic E-state index is 0.0222. The number of carbonyl (C=O) groups is 1. The fourth-order valence-electron chi connectivity index (χ4n) is 4.52. The van der Waals surface area contributed by atoms with E-state index < -0.39 is 0 Å². The maximum atomic E-state index is 13.1. The van der Waals surface area contributed by atoms with Gasteiger partial charge in [-0.3, -0.25) is 4.79 Å². The number of rotatable bonds is 5. The van der Waals surface area contributed by atoms with Crippen LogP contribution in [0, 0.1) is 13.8 Å². The molecule has 0 atom stereocenters. The first-order chi connectivity index (χ1) is 17.0. The van der Waals surface area contributed by atoms with Gasteiger partial charge < -0.3 is 14.5 Å². The fourth-order valence-corrected chi connectivity index (χ4v) is 4.52. The van der Waals surface area contributed by atoms with Crippen LogP contribution in [0.5, 0.6) is 5.75 Å². The molecular formula is C27H30N6O2. The Bertz CT molecular complexity index is 1370. The number of benzene rings is 2. The number of aromatic nitrogens is 4. The summed E-state index contributed by atoms with van der Waals surface area (Å²) in [7, 11) is 1.61. The number of aryl methyl sites for hydroxylation is 3. The van der Waals surface area contributed by atoms with Gasteiger partial charge in [-0.2, -0.15) is 5.10 Å². The number of amides is 1. The third kappa shape index (κ3) is 4.32. The number of methoxy groups -OCH3 is 1. The summed E-state index contributed by atoms with van der Waals surface area (Å²) < 4.78 is 7.19. The molecule has 8 nitrogen and oxygen atoms in total. The van der Waals surface area contributed by atoms with E-state index in [0.29, 0.717) is 37.5 Å². The molecule has 8 heteroatoms. The smallest absolute Gasteiger partial charge is 0.254 e. The van der Waals surface area contributed by atoms with Crippen LogP contribution in [-0.2, 0) is 6.42 Å².